The van der Waals surface area contributed by atoms with Gasteiger partial charge >= 0.3 is 0 Å². The molecule has 0 saturated carbocycles. The fraction of sp³-hybridized carbons (Fsp3) is 0.571. The molecule has 0 bridgehead atoms. The van der Waals surface area contributed by atoms with Gasteiger partial charge in [-0.2, -0.15) is 4.31 Å². The Morgan fingerprint density at radius 1 is 1.33 bits per heavy atom. The topological polar surface area (TPSA) is 49.4 Å². The van der Waals surface area contributed by atoms with Crippen LogP contribution >= 0.6 is 15.9 Å². The fourth-order valence-electron chi connectivity index (χ4n) is 2.28. The molecule has 0 heterocycles. The Bertz CT molecular complexity index is 589. The van der Waals surface area contributed by atoms with Crippen molar-refractivity contribution in [2.75, 3.05) is 14.1 Å². The van der Waals surface area contributed by atoms with Crippen molar-refractivity contribution in [3.63, 3.8) is 0 Å². The number of hydrogen-bond donors (Lipinski definition) is 1. The van der Waals surface area contributed by atoms with E-state index in [0.717, 1.165) is 0 Å². The van der Waals surface area contributed by atoms with Crippen molar-refractivity contribution in [2.45, 2.75) is 44.2 Å². The predicted molar refractivity (Wildman–Crippen MR) is 86.2 cm³/mol. The lowest BCUT2D eigenvalue weighted by molar-refractivity contribution is 0.348. The van der Waals surface area contributed by atoms with Crippen LogP contribution in [0.1, 0.15) is 32.3 Å². The maximum absolute atomic E-state index is 14.5. The van der Waals surface area contributed by atoms with Crippen LogP contribution in [0.3, 0.4) is 0 Å². The molecule has 0 aliphatic heterocycles. The SMILES string of the molecule is CCC(CC)N(C)S(=O)(=O)c1cc(Br)cc(CNC)c1F. The van der Waals surface area contributed by atoms with Gasteiger partial charge in [-0.05, 0) is 32.0 Å². The average molecular weight is 381 g/mol. The van der Waals surface area contributed by atoms with Gasteiger partial charge in [0.15, 0.2) is 0 Å². The fourth-order valence-corrected chi connectivity index (χ4v) is 4.57. The van der Waals surface area contributed by atoms with Crippen LogP contribution in [-0.2, 0) is 16.6 Å². The van der Waals surface area contributed by atoms with Gasteiger partial charge in [0.25, 0.3) is 0 Å². The molecule has 0 amide bonds. The zero-order valence-corrected chi connectivity index (χ0v) is 15.2. The maximum Gasteiger partial charge on any atom is 0.246 e. The number of halogens is 2. The molecule has 0 atom stereocenters. The van der Waals surface area contributed by atoms with Gasteiger partial charge in [0.05, 0.1) is 0 Å². The Morgan fingerprint density at radius 3 is 2.38 bits per heavy atom. The van der Waals surface area contributed by atoms with Crippen molar-refractivity contribution in [3.05, 3.63) is 28.0 Å². The first-order valence-corrected chi connectivity index (χ1v) is 9.13. The van der Waals surface area contributed by atoms with Crippen LogP contribution in [0.2, 0.25) is 0 Å². The minimum Gasteiger partial charge on any atom is -0.316 e. The monoisotopic (exact) mass is 380 g/mol. The Labute approximate surface area is 134 Å². The van der Waals surface area contributed by atoms with Gasteiger partial charge in [-0.15, -0.1) is 0 Å². The van der Waals surface area contributed by atoms with Gasteiger partial charge in [0, 0.05) is 29.7 Å². The van der Waals surface area contributed by atoms with Crippen molar-refractivity contribution in [1.29, 1.82) is 0 Å². The quantitative estimate of drug-likeness (QED) is 0.790. The largest absolute Gasteiger partial charge is 0.316 e. The molecule has 0 aliphatic rings. The highest BCUT2D eigenvalue weighted by atomic mass is 79.9. The van der Waals surface area contributed by atoms with E-state index in [1.807, 2.05) is 13.8 Å². The average Bonchev–Trinajstić information content (AvgIpc) is 2.43. The van der Waals surface area contributed by atoms with Gasteiger partial charge in [-0.3, -0.25) is 0 Å². The molecular weight excluding hydrogens is 359 g/mol. The molecule has 0 saturated heterocycles. The number of rotatable bonds is 7. The molecular formula is C14H22BrFN2O2S. The lowest BCUT2D eigenvalue weighted by atomic mass is 10.2. The molecule has 4 nitrogen and oxygen atoms in total. The van der Waals surface area contributed by atoms with Crippen molar-refractivity contribution in [3.8, 4) is 0 Å². The van der Waals surface area contributed by atoms with Gasteiger partial charge in [0.1, 0.15) is 10.7 Å². The van der Waals surface area contributed by atoms with Gasteiger partial charge < -0.3 is 5.32 Å². The summed E-state index contributed by atoms with van der Waals surface area (Å²) < 4.78 is 41.6. The Morgan fingerprint density at radius 2 is 1.90 bits per heavy atom. The van der Waals surface area contributed by atoms with E-state index in [-0.39, 0.29) is 17.5 Å². The standard InChI is InChI=1S/C14H22BrFN2O2S/c1-5-12(6-2)18(4)21(19,20)13-8-11(15)7-10(9-17-3)14(13)16/h7-8,12,17H,5-6,9H2,1-4H3. The van der Waals surface area contributed by atoms with E-state index in [4.69, 9.17) is 0 Å². The summed E-state index contributed by atoms with van der Waals surface area (Å²) in [5.74, 6) is -0.689. The number of benzene rings is 1. The second kappa shape index (κ2) is 7.67. The molecule has 0 unspecified atom stereocenters. The van der Waals surface area contributed by atoms with E-state index in [9.17, 15) is 12.8 Å². The van der Waals surface area contributed by atoms with Crippen LogP contribution in [0, 0.1) is 5.82 Å². The number of sulfonamides is 1. The first-order valence-electron chi connectivity index (χ1n) is 6.90. The summed E-state index contributed by atoms with van der Waals surface area (Å²) >= 11 is 3.25. The van der Waals surface area contributed by atoms with E-state index in [0.29, 0.717) is 22.9 Å². The Kier molecular flexibility index (Phi) is 6.77. The van der Waals surface area contributed by atoms with Gasteiger partial charge in [0.2, 0.25) is 10.0 Å². The molecule has 1 aromatic carbocycles. The zero-order chi connectivity index (χ0) is 16.2. The van der Waals surface area contributed by atoms with Crippen LogP contribution in [0.5, 0.6) is 0 Å². The summed E-state index contributed by atoms with van der Waals surface area (Å²) in [6.07, 6.45) is 1.37. The van der Waals surface area contributed by atoms with E-state index < -0.39 is 15.8 Å². The van der Waals surface area contributed by atoms with Crippen LogP contribution < -0.4 is 5.32 Å². The summed E-state index contributed by atoms with van der Waals surface area (Å²) in [6, 6.07) is 2.77. The molecule has 0 spiro atoms. The third-order valence-corrected chi connectivity index (χ3v) is 5.93. The Hall–Kier alpha value is -0.500. The minimum absolute atomic E-state index is 0.138. The van der Waals surface area contributed by atoms with Crippen LogP contribution in [0.25, 0.3) is 0 Å². The molecule has 0 fully saturated rings. The van der Waals surface area contributed by atoms with Crippen molar-refractivity contribution < 1.29 is 12.8 Å². The number of hydrogen-bond acceptors (Lipinski definition) is 3. The molecule has 21 heavy (non-hydrogen) atoms. The highest BCUT2D eigenvalue weighted by Crippen LogP contribution is 2.27. The summed E-state index contributed by atoms with van der Waals surface area (Å²) in [5, 5.41) is 2.84. The molecule has 1 N–H and O–H groups in total. The zero-order valence-electron chi connectivity index (χ0n) is 12.8. The van der Waals surface area contributed by atoms with Gasteiger partial charge in [-0.1, -0.05) is 29.8 Å². The van der Waals surface area contributed by atoms with Gasteiger partial charge in [-0.25, -0.2) is 12.8 Å². The number of nitrogens with one attached hydrogen (secondary N) is 1. The molecule has 120 valence electrons. The first kappa shape index (κ1) is 18.5. The first-order chi connectivity index (χ1) is 9.79. The summed E-state index contributed by atoms with van der Waals surface area (Å²) in [7, 11) is -0.665. The second-order valence-corrected chi connectivity index (χ2v) is 7.78. The van der Waals surface area contributed by atoms with Crippen molar-refractivity contribution in [1.82, 2.24) is 9.62 Å². The van der Waals surface area contributed by atoms with Crippen LogP contribution in [0.4, 0.5) is 4.39 Å². The highest BCUT2D eigenvalue weighted by Gasteiger charge is 2.30. The molecule has 0 aliphatic carbocycles. The van der Waals surface area contributed by atoms with Crippen molar-refractivity contribution >= 4 is 26.0 Å². The third kappa shape index (κ3) is 4.03. The van der Waals surface area contributed by atoms with E-state index in [1.54, 1.807) is 13.1 Å². The van der Waals surface area contributed by atoms with Crippen LogP contribution in [-0.4, -0.2) is 32.9 Å². The van der Waals surface area contributed by atoms with Crippen molar-refractivity contribution in [2.24, 2.45) is 0 Å². The summed E-state index contributed by atoms with van der Waals surface area (Å²) in [6.45, 7) is 4.11. The predicted octanol–water partition coefficient (Wildman–Crippen LogP) is 3.12. The lowest BCUT2D eigenvalue weighted by Crippen LogP contribution is -2.36. The molecule has 0 aromatic heterocycles. The Balaban J connectivity index is 3.37. The minimum atomic E-state index is -3.86. The van der Waals surface area contributed by atoms with Crippen LogP contribution in [0.15, 0.2) is 21.5 Å². The molecule has 0 radical (unpaired) electrons. The highest BCUT2D eigenvalue weighted by molar-refractivity contribution is 9.10. The van der Waals surface area contributed by atoms with E-state index in [1.165, 1.54) is 17.4 Å². The molecule has 1 rings (SSSR count). The third-order valence-electron chi connectivity index (χ3n) is 3.56. The molecule has 7 heteroatoms. The smallest absolute Gasteiger partial charge is 0.246 e. The molecule has 1 aromatic rings. The van der Waals surface area contributed by atoms with E-state index in [2.05, 4.69) is 21.2 Å². The number of nitrogens with zero attached hydrogens (tertiary/aromatic N) is 1. The van der Waals surface area contributed by atoms with E-state index >= 15 is 0 Å². The second-order valence-electron chi connectivity index (χ2n) is 4.90. The lowest BCUT2D eigenvalue weighted by Gasteiger charge is -2.26. The normalized spacial score (nSPS) is 12.4. The summed E-state index contributed by atoms with van der Waals surface area (Å²) in [5.41, 5.74) is 0.323. The summed E-state index contributed by atoms with van der Waals surface area (Å²) in [4.78, 5) is -0.281. The maximum atomic E-state index is 14.5.